The highest BCUT2D eigenvalue weighted by Crippen LogP contribution is 2.21. The molecule has 1 unspecified atom stereocenters. The molecule has 1 heterocycles. The van der Waals surface area contributed by atoms with Gasteiger partial charge in [-0.25, -0.2) is 12.4 Å². The van der Waals surface area contributed by atoms with Crippen LogP contribution in [0.1, 0.15) is 18.6 Å². The third-order valence-corrected chi connectivity index (χ3v) is 3.46. The Morgan fingerprint density at radius 2 is 2.15 bits per heavy atom. The minimum atomic E-state index is -3.29. The lowest BCUT2D eigenvalue weighted by molar-refractivity contribution is 0.199. The maximum Gasteiger partial charge on any atom is 0.236 e. The lowest BCUT2D eigenvalue weighted by Crippen LogP contribution is -2.08. The average Bonchev–Trinajstić information content (AvgIpc) is 2.29. The summed E-state index contributed by atoms with van der Waals surface area (Å²) in [5, 5.41) is 9.20. The fourth-order valence-corrected chi connectivity index (χ4v) is 2.76. The first-order chi connectivity index (χ1) is 5.82. The zero-order chi connectivity index (χ0) is 10.2. The maximum absolute atomic E-state index is 11.1. The van der Waals surface area contributed by atoms with Crippen molar-refractivity contribution in [2.24, 2.45) is 0 Å². The van der Waals surface area contributed by atoms with Crippen LogP contribution in [0, 0.1) is 0 Å². The van der Waals surface area contributed by atoms with Crippen molar-refractivity contribution in [1.82, 2.24) is 3.97 Å². The zero-order valence-corrected chi connectivity index (χ0v) is 9.63. The van der Waals surface area contributed by atoms with Crippen molar-refractivity contribution < 1.29 is 13.5 Å². The lowest BCUT2D eigenvalue weighted by Gasteiger charge is -2.00. The van der Waals surface area contributed by atoms with Gasteiger partial charge in [0.05, 0.1) is 17.0 Å². The fraction of sp³-hybridized carbons (Fsp3) is 0.429. The number of halogens is 1. The summed E-state index contributed by atoms with van der Waals surface area (Å²) in [6, 6.07) is 1.58. The van der Waals surface area contributed by atoms with Gasteiger partial charge in [-0.2, -0.15) is 0 Å². The van der Waals surface area contributed by atoms with Crippen molar-refractivity contribution in [2.45, 2.75) is 13.0 Å². The van der Waals surface area contributed by atoms with E-state index in [0.29, 0.717) is 10.2 Å². The largest absolute Gasteiger partial charge is 0.389 e. The Morgan fingerprint density at radius 3 is 2.38 bits per heavy atom. The second-order valence-corrected chi connectivity index (χ2v) is 5.50. The molecule has 74 valence electrons. The third-order valence-electron chi connectivity index (χ3n) is 1.60. The van der Waals surface area contributed by atoms with Crippen LogP contribution in [0.2, 0.25) is 0 Å². The lowest BCUT2D eigenvalue weighted by atomic mass is 10.2. The normalized spacial score (nSPS) is 14.5. The van der Waals surface area contributed by atoms with Gasteiger partial charge in [0, 0.05) is 11.8 Å². The second-order valence-electron chi connectivity index (χ2n) is 2.83. The van der Waals surface area contributed by atoms with Gasteiger partial charge in [0.2, 0.25) is 10.0 Å². The van der Waals surface area contributed by atoms with Crippen molar-refractivity contribution in [2.75, 3.05) is 6.26 Å². The number of rotatable bonds is 2. The van der Waals surface area contributed by atoms with Gasteiger partial charge in [-0.15, -0.1) is 0 Å². The van der Waals surface area contributed by atoms with Crippen molar-refractivity contribution >= 4 is 26.0 Å². The second kappa shape index (κ2) is 3.43. The van der Waals surface area contributed by atoms with E-state index >= 15 is 0 Å². The van der Waals surface area contributed by atoms with E-state index in [2.05, 4.69) is 15.9 Å². The molecule has 4 nitrogen and oxygen atoms in total. The van der Waals surface area contributed by atoms with Crippen LogP contribution in [-0.2, 0) is 10.0 Å². The molecule has 1 atom stereocenters. The van der Waals surface area contributed by atoms with Crippen molar-refractivity contribution in [3.63, 3.8) is 0 Å². The minimum absolute atomic E-state index is 0.422. The molecule has 0 aromatic carbocycles. The molecule has 0 saturated carbocycles. The van der Waals surface area contributed by atoms with Crippen molar-refractivity contribution in [3.05, 3.63) is 22.4 Å². The van der Waals surface area contributed by atoms with Crippen molar-refractivity contribution in [1.29, 1.82) is 0 Å². The van der Waals surface area contributed by atoms with Crippen LogP contribution in [0.4, 0.5) is 0 Å². The molecule has 0 radical (unpaired) electrons. The Labute approximate surface area is 85.4 Å². The van der Waals surface area contributed by atoms with Gasteiger partial charge >= 0.3 is 0 Å². The SMILES string of the molecule is CC(O)c1cc(Br)n(S(C)(=O)=O)c1. The molecule has 0 fully saturated rings. The summed E-state index contributed by atoms with van der Waals surface area (Å²) in [5.74, 6) is 0. The van der Waals surface area contributed by atoms with E-state index in [1.165, 1.54) is 6.20 Å². The molecule has 1 N–H and O–H groups in total. The molecule has 0 aliphatic rings. The molecule has 0 aliphatic heterocycles. The topological polar surface area (TPSA) is 59.3 Å². The summed E-state index contributed by atoms with van der Waals surface area (Å²) in [5.41, 5.74) is 0.567. The van der Waals surface area contributed by atoms with E-state index in [1.807, 2.05) is 0 Å². The molecule has 0 saturated heterocycles. The molecule has 0 bridgehead atoms. The molecule has 6 heteroatoms. The van der Waals surface area contributed by atoms with E-state index in [1.54, 1.807) is 13.0 Å². The quantitative estimate of drug-likeness (QED) is 0.874. The van der Waals surface area contributed by atoms with Crippen LogP contribution >= 0.6 is 15.9 Å². The number of hydrogen-bond donors (Lipinski definition) is 1. The minimum Gasteiger partial charge on any atom is -0.389 e. The van der Waals surface area contributed by atoms with E-state index in [9.17, 15) is 13.5 Å². The van der Waals surface area contributed by atoms with Gasteiger partial charge in [0.25, 0.3) is 0 Å². The first-order valence-electron chi connectivity index (χ1n) is 3.59. The molecule has 1 aromatic heterocycles. The number of aliphatic hydroxyl groups excluding tert-OH is 1. The molecule has 0 spiro atoms. The van der Waals surface area contributed by atoms with E-state index in [4.69, 9.17) is 0 Å². The van der Waals surface area contributed by atoms with Crippen LogP contribution < -0.4 is 0 Å². The van der Waals surface area contributed by atoms with Crippen LogP contribution in [0.5, 0.6) is 0 Å². The fourth-order valence-electron chi connectivity index (χ4n) is 0.918. The molecular formula is C7H10BrNO3S. The highest BCUT2D eigenvalue weighted by molar-refractivity contribution is 9.10. The standard InChI is InChI=1S/C7H10BrNO3S/c1-5(10)6-3-7(8)9(4-6)13(2,11)12/h3-5,10H,1-2H3. The predicted molar refractivity (Wildman–Crippen MR) is 53.0 cm³/mol. The third kappa shape index (κ3) is 2.32. The summed E-state index contributed by atoms with van der Waals surface area (Å²) in [7, 11) is -3.29. The number of nitrogens with zero attached hydrogens (tertiary/aromatic N) is 1. The molecule has 0 amide bonds. The predicted octanol–water partition coefficient (Wildman–Crippen LogP) is 1.11. The molecule has 1 aromatic rings. The van der Waals surface area contributed by atoms with Crippen LogP contribution in [0.15, 0.2) is 16.9 Å². The number of hydrogen-bond acceptors (Lipinski definition) is 3. The zero-order valence-electron chi connectivity index (χ0n) is 7.23. The molecular weight excluding hydrogens is 258 g/mol. The average molecular weight is 268 g/mol. The van der Waals surface area contributed by atoms with Crippen LogP contribution in [-0.4, -0.2) is 23.8 Å². The van der Waals surface area contributed by atoms with E-state index in [0.717, 1.165) is 10.2 Å². The molecule has 0 aliphatic carbocycles. The van der Waals surface area contributed by atoms with Crippen LogP contribution in [0.3, 0.4) is 0 Å². The summed E-state index contributed by atoms with van der Waals surface area (Å²) in [4.78, 5) is 0. The molecule has 13 heavy (non-hydrogen) atoms. The highest BCUT2D eigenvalue weighted by Gasteiger charge is 2.13. The maximum atomic E-state index is 11.1. The van der Waals surface area contributed by atoms with Crippen LogP contribution in [0.25, 0.3) is 0 Å². The number of aromatic nitrogens is 1. The first kappa shape index (κ1) is 10.7. The monoisotopic (exact) mass is 267 g/mol. The summed E-state index contributed by atoms with van der Waals surface area (Å²) < 4.78 is 23.8. The van der Waals surface area contributed by atoms with Gasteiger partial charge < -0.3 is 5.11 Å². The van der Waals surface area contributed by atoms with Gasteiger partial charge in [-0.05, 0) is 28.9 Å². The van der Waals surface area contributed by atoms with E-state index < -0.39 is 16.1 Å². The Morgan fingerprint density at radius 1 is 1.62 bits per heavy atom. The van der Waals surface area contributed by atoms with Crippen molar-refractivity contribution in [3.8, 4) is 0 Å². The first-order valence-corrected chi connectivity index (χ1v) is 6.23. The van der Waals surface area contributed by atoms with Gasteiger partial charge in [0.1, 0.15) is 0 Å². The Balaban J connectivity index is 3.27. The smallest absolute Gasteiger partial charge is 0.236 e. The number of aliphatic hydroxyl groups is 1. The van der Waals surface area contributed by atoms with Gasteiger partial charge in [-0.3, -0.25) is 0 Å². The Kier molecular flexibility index (Phi) is 2.84. The summed E-state index contributed by atoms with van der Waals surface area (Å²) in [6.07, 6.45) is 1.83. The summed E-state index contributed by atoms with van der Waals surface area (Å²) >= 11 is 3.09. The Bertz CT molecular complexity index is 407. The van der Waals surface area contributed by atoms with Gasteiger partial charge in [-0.1, -0.05) is 0 Å². The highest BCUT2D eigenvalue weighted by atomic mass is 79.9. The van der Waals surface area contributed by atoms with Gasteiger partial charge in [0.15, 0.2) is 0 Å². The Hall–Kier alpha value is -0.330. The van der Waals surface area contributed by atoms with E-state index in [-0.39, 0.29) is 0 Å². The summed E-state index contributed by atoms with van der Waals surface area (Å²) in [6.45, 7) is 1.58. The molecule has 1 rings (SSSR count).